The van der Waals surface area contributed by atoms with Crippen molar-refractivity contribution in [2.24, 2.45) is 0 Å². The average Bonchev–Trinajstić information content (AvgIpc) is 2.71. The number of aromatic amines is 1. The molecule has 1 saturated carbocycles. The maximum absolute atomic E-state index is 12.7. The molecular weight excluding hydrogens is 362 g/mol. The third-order valence-electron chi connectivity index (χ3n) is 5.41. The standard InChI is InChI=1S/C20H25N3O3S/c1-21-20(27)23(15-5-3-2-4-6-15)12-14-9-13-10-17-18(26-8-7-25-17)11-16(13)22-19(14)24/h9-11,15H,2-8,12H2,1H3,(H,21,27)(H,22,24). The van der Waals surface area contributed by atoms with Gasteiger partial charge in [0.1, 0.15) is 13.2 Å². The van der Waals surface area contributed by atoms with E-state index in [1.54, 1.807) is 0 Å². The van der Waals surface area contributed by atoms with Crippen LogP contribution in [0, 0.1) is 0 Å². The zero-order valence-electron chi connectivity index (χ0n) is 15.5. The lowest BCUT2D eigenvalue weighted by molar-refractivity contribution is 0.172. The molecule has 6 nitrogen and oxygen atoms in total. The van der Waals surface area contributed by atoms with Crippen LogP contribution >= 0.6 is 12.2 Å². The number of rotatable bonds is 3. The third kappa shape index (κ3) is 3.74. The molecule has 0 amide bonds. The van der Waals surface area contributed by atoms with Crippen LogP contribution in [-0.4, -0.2) is 41.3 Å². The summed E-state index contributed by atoms with van der Waals surface area (Å²) in [4.78, 5) is 17.9. The van der Waals surface area contributed by atoms with Crippen molar-refractivity contribution in [3.63, 3.8) is 0 Å². The maximum Gasteiger partial charge on any atom is 0.253 e. The van der Waals surface area contributed by atoms with E-state index >= 15 is 0 Å². The van der Waals surface area contributed by atoms with Crippen LogP contribution in [0.25, 0.3) is 10.9 Å². The second-order valence-electron chi connectivity index (χ2n) is 7.18. The quantitative estimate of drug-likeness (QED) is 0.790. The summed E-state index contributed by atoms with van der Waals surface area (Å²) in [6, 6.07) is 6.10. The van der Waals surface area contributed by atoms with E-state index in [2.05, 4.69) is 15.2 Å². The van der Waals surface area contributed by atoms with Gasteiger partial charge in [-0.1, -0.05) is 19.3 Å². The SMILES string of the molecule is CNC(=S)N(Cc1cc2cc3c(cc2[nH]c1=O)OCCO3)C1CCCCC1. The highest BCUT2D eigenvalue weighted by Crippen LogP contribution is 2.34. The van der Waals surface area contributed by atoms with Gasteiger partial charge in [-0.2, -0.15) is 0 Å². The second-order valence-corrected chi connectivity index (χ2v) is 7.57. The number of thiocarbonyl (C=S) groups is 1. The minimum absolute atomic E-state index is 0.0844. The fourth-order valence-corrected chi connectivity index (χ4v) is 4.21. The van der Waals surface area contributed by atoms with Gasteiger partial charge in [0.2, 0.25) is 0 Å². The molecule has 0 radical (unpaired) electrons. The highest BCUT2D eigenvalue weighted by atomic mass is 32.1. The minimum Gasteiger partial charge on any atom is -0.486 e. The van der Waals surface area contributed by atoms with E-state index < -0.39 is 0 Å². The summed E-state index contributed by atoms with van der Waals surface area (Å²) in [5.74, 6) is 1.40. The van der Waals surface area contributed by atoms with Gasteiger partial charge in [0.05, 0.1) is 12.1 Å². The van der Waals surface area contributed by atoms with E-state index in [0.717, 1.165) is 29.5 Å². The van der Waals surface area contributed by atoms with Gasteiger partial charge in [-0.15, -0.1) is 0 Å². The van der Waals surface area contributed by atoms with Crippen LogP contribution in [0.3, 0.4) is 0 Å². The smallest absolute Gasteiger partial charge is 0.253 e. The Morgan fingerprint density at radius 1 is 1.19 bits per heavy atom. The first-order valence-corrected chi connectivity index (χ1v) is 10.0. The second kappa shape index (κ2) is 7.76. The summed E-state index contributed by atoms with van der Waals surface area (Å²) < 4.78 is 11.3. The Kier molecular flexibility index (Phi) is 5.20. The molecule has 1 aromatic carbocycles. The Labute approximate surface area is 163 Å². The van der Waals surface area contributed by atoms with Gasteiger partial charge in [0.25, 0.3) is 5.56 Å². The first-order valence-electron chi connectivity index (χ1n) is 9.59. The van der Waals surface area contributed by atoms with E-state index in [0.29, 0.717) is 42.2 Å². The van der Waals surface area contributed by atoms with Crippen molar-refractivity contribution in [2.75, 3.05) is 20.3 Å². The number of aromatic nitrogens is 1. The molecule has 1 fully saturated rings. The van der Waals surface area contributed by atoms with Gasteiger partial charge in [0.15, 0.2) is 16.6 Å². The molecule has 0 spiro atoms. The summed E-state index contributed by atoms with van der Waals surface area (Å²) in [6.07, 6.45) is 5.94. The van der Waals surface area contributed by atoms with Crippen LogP contribution in [-0.2, 0) is 6.54 Å². The molecular formula is C20H25N3O3S. The number of fused-ring (bicyclic) bond motifs is 2. The number of pyridine rings is 1. The Morgan fingerprint density at radius 2 is 1.89 bits per heavy atom. The number of H-pyrrole nitrogens is 1. The lowest BCUT2D eigenvalue weighted by atomic mass is 9.94. The summed E-state index contributed by atoms with van der Waals surface area (Å²) in [5.41, 5.74) is 1.38. The topological polar surface area (TPSA) is 66.6 Å². The van der Waals surface area contributed by atoms with E-state index in [9.17, 15) is 4.79 Å². The summed E-state index contributed by atoms with van der Waals surface area (Å²) >= 11 is 5.54. The Balaban J connectivity index is 1.67. The molecule has 2 heterocycles. The molecule has 27 heavy (non-hydrogen) atoms. The maximum atomic E-state index is 12.7. The molecule has 7 heteroatoms. The molecule has 0 unspecified atom stereocenters. The molecule has 0 atom stereocenters. The Hall–Kier alpha value is -2.28. The largest absolute Gasteiger partial charge is 0.486 e. The molecule has 2 N–H and O–H groups in total. The number of benzene rings is 1. The lowest BCUT2D eigenvalue weighted by Gasteiger charge is -2.36. The van der Waals surface area contributed by atoms with Gasteiger partial charge in [0, 0.05) is 30.1 Å². The lowest BCUT2D eigenvalue weighted by Crippen LogP contribution is -2.46. The van der Waals surface area contributed by atoms with Crippen LogP contribution in [0.4, 0.5) is 0 Å². The van der Waals surface area contributed by atoms with Crippen LogP contribution in [0.15, 0.2) is 23.0 Å². The molecule has 2 aromatic rings. The summed E-state index contributed by atoms with van der Waals surface area (Å²) in [7, 11) is 1.84. The minimum atomic E-state index is -0.0844. The van der Waals surface area contributed by atoms with E-state index in [1.807, 2.05) is 25.2 Å². The fraction of sp³-hybridized carbons (Fsp3) is 0.500. The average molecular weight is 388 g/mol. The van der Waals surface area contributed by atoms with Crippen molar-refractivity contribution in [1.29, 1.82) is 0 Å². The molecule has 4 rings (SSSR count). The summed E-state index contributed by atoms with van der Waals surface area (Å²) in [5, 5.41) is 4.72. The van der Waals surface area contributed by atoms with Crippen molar-refractivity contribution < 1.29 is 9.47 Å². The van der Waals surface area contributed by atoms with E-state index in [4.69, 9.17) is 21.7 Å². The monoisotopic (exact) mass is 387 g/mol. The van der Waals surface area contributed by atoms with Gasteiger partial charge in [-0.05, 0) is 37.2 Å². The Morgan fingerprint density at radius 3 is 2.59 bits per heavy atom. The number of hydrogen-bond acceptors (Lipinski definition) is 4. The molecule has 1 aromatic heterocycles. The van der Waals surface area contributed by atoms with Crippen LogP contribution in [0.5, 0.6) is 11.5 Å². The zero-order chi connectivity index (χ0) is 18.8. The van der Waals surface area contributed by atoms with Crippen LogP contribution in [0.1, 0.15) is 37.7 Å². The van der Waals surface area contributed by atoms with Gasteiger partial charge >= 0.3 is 0 Å². The molecule has 1 aliphatic heterocycles. The van der Waals surface area contributed by atoms with Crippen molar-refractivity contribution in [3.05, 3.63) is 34.1 Å². The van der Waals surface area contributed by atoms with Gasteiger partial charge in [-0.25, -0.2) is 0 Å². The van der Waals surface area contributed by atoms with Crippen molar-refractivity contribution >= 4 is 28.2 Å². The third-order valence-corrected chi connectivity index (χ3v) is 5.85. The van der Waals surface area contributed by atoms with Crippen molar-refractivity contribution in [2.45, 2.75) is 44.7 Å². The van der Waals surface area contributed by atoms with Gasteiger partial charge < -0.3 is 24.7 Å². The zero-order valence-corrected chi connectivity index (χ0v) is 16.4. The fourth-order valence-electron chi connectivity index (χ4n) is 3.99. The van der Waals surface area contributed by atoms with Crippen molar-refractivity contribution in [1.82, 2.24) is 15.2 Å². The predicted octanol–water partition coefficient (Wildman–Crippen LogP) is 2.94. The molecule has 2 aliphatic rings. The molecule has 0 saturated heterocycles. The van der Waals surface area contributed by atoms with Crippen molar-refractivity contribution in [3.8, 4) is 11.5 Å². The normalized spacial score (nSPS) is 16.9. The van der Waals surface area contributed by atoms with Crippen LogP contribution < -0.4 is 20.3 Å². The number of hydrogen-bond donors (Lipinski definition) is 2. The Bertz CT molecular complexity index is 905. The number of ether oxygens (including phenoxy) is 2. The van der Waals surface area contributed by atoms with Crippen LogP contribution in [0.2, 0.25) is 0 Å². The molecule has 0 bridgehead atoms. The van der Waals surface area contributed by atoms with Gasteiger partial charge in [-0.3, -0.25) is 4.79 Å². The number of nitrogens with zero attached hydrogens (tertiary/aromatic N) is 1. The predicted molar refractivity (Wildman–Crippen MR) is 110 cm³/mol. The first kappa shape index (κ1) is 18.1. The highest BCUT2D eigenvalue weighted by molar-refractivity contribution is 7.80. The van der Waals surface area contributed by atoms with E-state index in [1.165, 1.54) is 19.3 Å². The number of nitrogens with one attached hydrogen (secondary N) is 2. The molecule has 144 valence electrons. The highest BCUT2D eigenvalue weighted by Gasteiger charge is 2.24. The summed E-state index contributed by atoms with van der Waals surface area (Å²) in [6.45, 7) is 1.57. The first-order chi connectivity index (χ1) is 13.2. The molecule has 1 aliphatic carbocycles. The van der Waals surface area contributed by atoms with E-state index in [-0.39, 0.29) is 5.56 Å².